The van der Waals surface area contributed by atoms with Gasteiger partial charge in [0.25, 0.3) is 11.8 Å². The van der Waals surface area contributed by atoms with Crippen molar-refractivity contribution in [2.24, 2.45) is 0 Å². The molecule has 1 unspecified atom stereocenters. The quantitative estimate of drug-likeness (QED) is 0.0924. The summed E-state index contributed by atoms with van der Waals surface area (Å²) in [7, 11) is 1.60. The number of benzene rings is 4. The number of amides is 3. The van der Waals surface area contributed by atoms with Crippen molar-refractivity contribution in [2.45, 2.75) is 23.5 Å². The van der Waals surface area contributed by atoms with Crippen molar-refractivity contribution >= 4 is 57.7 Å². The first kappa shape index (κ1) is 33.1. The van der Waals surface area contributed by atoms with Gasteiger partial charge in [0.15, 0.2) is 5.13 Å². The minimum Gasteiger partial charge on any atom is -0.497 e. The highest BCUT2D eigenvalue weighted by Gasteiger charge is 2.21. The average Bonchev–Trinajstić information content (AvgIpc) is 3.56. The molecule has 0 saturated carbocycles. The van der Waals surface area contributed by atoms with Gasteiger partial charge in [0.1, 0.15) is 17.3 Å². The molecule has 1 atom stereocenters. The molecule has 4 aromatic carbocycles. The molecule has 0 saturated heterocycles. The standard InChI is InChI=1S/C36H31FN4O4S2/c1-3-32(35(44)41-36-40-31(22-46-36)25-14-9-16-27(19-25)45-2)47-28-17-10-15-26(21-28)38-34(43)30(20-24-13-7-8-18-29(24)37)39-33(42)23-11-5-4-6-12-23/h4-22,32H,3H2,1-2H3,(H,38,43)(H,39,42)(H,40,41,44)/b30-20-. The van der Waals surface area contributed by atoms with Crippen LogP contribution in [0.1, 0.15) is 29.3 Å². The summed E-state index contributed by atoms with van der Waals surface area (Å²) in [5.41, 5.74) is 2.40. The number of thioether (sulfide) groups is 1. The fraction of sp³-hybridized carbons (Fsp3) is 0.111. The molecule has 0 bridgehead atoms. The van der Waals surface area contributed by atoms with Gasteiger partial charge in [-0.3, -0.25) is 14.4 Å². The number of hydrogen-bond acceptors (Lipinski definition) is 7. The van der Waals surface area contributed by atoms with Gasteiger partial charge in [-0.2, -0.15) is 0 Å². The van der Waals surface area contributed by atoms with Crippen molar-refractivity contribution in [1.82, 2.24) is 10.3 Å². The molecular formula is C36H31FN4O4S2. The van der Waals surface area contributed by atoms with Crippen LogP contribution in [0.4, 0.5) is 15.2 Å². The number of thiazole rings is 1. The largest absolute Gasteiger partial charge is 0.497 e. The zero-order valence-electron chi connectivity index (χ0n) is 25.5. The highest BCUT2D eigenvalue weighted by molar-refractivity contribution is 8.00. The summed E-state index contributed by atoms with van der Waals surface area (Å²) in [6.07, 6.45) is 1.84. The topological polar surface area (TPSA) is 109 Å². The van der Waals surface area contributed by atoms with Crippen LogP contribution in [-0.4, -0.2) is 35.1 Å². The third kappa shape index (κ3) is 8.93. The summed E-state index contributed by atoms with van der Waals surface area (Å²) in [6.45, 7) is 1.92. The van der Waals surface area contributed by atoms with Gasteiger partial charge in [-0.05, 0) is 61.0 Å². The maximum absolute atomic E-state index is 14.5. The number of hydrogen-bond donors (Lipinski definition) is 3. The number of carbonyl (C=O) groups excluding carboxylic acids is 3. The van der Waals surface area contributed by atoms with Crippen LogP contribution >= 0.6 is 23.1 Å². The Labute approximate surface area is 280 Å². The van der Waals surface area contributed by atoms with Crippen LogP contribution in [-0.2, 0) is 9.59 Å². The van der Waals surface area contributed by atoms with Gasteiger partial charge in [-0.15, -0.1) is 23.1 Å². The third-order valence-electron chi connectivity index (χ3n) is 6.87. The molecule has 11 heteroatoms. The second-order valence-corrected chi connectivity index (χ2v) is 12.3. The number of aromatic nitrogens is 1. The van der Waals surface area contributed by atoms with Crippen molar-refractivity contribution in [2.75, 3.05) is 17.7 Å². The van der Waals surface area contributed by atoms with E-state index in [1.165, 1.54) is 41.3 Å². The lowest BCUT2D eigenvalue weighted by molar-refractivity contribution is -0.116. The minimum atomic E-state index is -0.639. The van der Waals surface area contributed by atoms with Crippen molar-refractivity contribution in [3.63, 3.8) is 0 Å². The third-order valence-corrected chi connectivity index (χ3v) is 8.98. The lowest BCUT2D eigenvalue weighted by atomic mass is 10.1. The van der Waals surface area contributed by atoms with Crippen LogP contribution in [0.5, 0.6) is 5.75 Å². The van der Waals surface area contributed by atoms with Gasteiger partial charge in [-0.1, -0.05) is 61.5 Å². The van der Waals surface area contributed by atoms with E-state index in [1.807, 2.05) is 42.6 Å². The van der Waals surface area contributed by atoms with E-state index in [1.54, 1.807) is 67.8 Å². The van der Waals surface area contributed by atoms with E-state index < -0.39 is 22.9 Å². The lowest BCUT2D eigenvalue weighted by Crippen LogP contribution is -2.30. The van der Waals surface area contributed by atoms with Gasteiger partial charge in [0, 0.05) is 32.7 Å². The first-order valence-electron chi connectivity index (χ1n) is 14.6. The smallest absolute Gasteiger partial charge is 0.272 e. The summed E-state index contributed by atoms with van der Waals surface area (Å²) >= 11 is 2.69. The summed E-state index contributed by atoms with van der Waals surface area (Å²) in [5, 5.41) is 10.3. The molecule has 5 rings (SSSR count). The number of carbonyl (C=O) groups is 3. The van der Waals surface area contributed by atoms with Gasteiger partial charge in [0.2, 0.25) is 5.91 Å². The maximum Gasteiger partial charge on any atom is 0.272 e. The average molecular weight is 667 g/mol. The molecular weight excluding hydrogens is 636 g/mol. The van der Waals surface area contributed by atoms with Gasteiger partial charge >= 0.3 is 0 Å². The predicted molar refractivity (Wildman–Crippen MR) is 186 cm³/mol. The predicted octanol–water partition coefficient (Wildman–Crippen LogP) is 7.88. The number of anilines is 2. The molecule has 238 valence electrons. The SMILES string of the molecule is CCC(Sc1cccc(NC(=O)/C(=C/c2ccccc2F)NC(=O)c2ccccc2)c1)C(=O)Nc1nc(-c2cccc(OC)c2)cs1. The Morgan fingerprint density at radius 1 is 0.936 bits per heavy atom. The van der Waals surface area contributed by atoms with E-state index in [9.17, 15) is 18.8 Å². The fourth-order valence-corrected chi connectivity index (χ4v) is 6.19. The number of nitrogens with zero attached hydrogens (tertiary/aromatic N) is 1. The Kier molecular flexibility index (Phi) is 11.2. The molecule has 3 N–H and O–H groups in total. The van der Waals surface area contributed by atoms with E-state index in [0.29, 0.717) is 22.8 Å². The summed E-state index contributed by atoms with van der Waals surface area (Å²) in [4.78, 5) is 44.9. The van der Waals surface area contributed by atoms with Gasteiger partial charge in [-0.25, -0.2) is 9.37 Å². The second kappa shape index (κ2) is 15.8. The van der Waals surface area contributed by atoms with Gasteiger partial charge in [0.05, 0.1) is 18.1 Å². The van der Waals surface area contributed by atoms with Crippen LogP contribution in [0.25, 0.3) is 17.3 Å². The molecule has 0 aliphatic heterocycles. The number of methoxy groups -OCH3 is 1. The molecule has 0 aliphatic carbocycles. The highest BCUT2D eigenvalue weighted by atomic mass is 32.2. The lowest BCUT2D eigenvalue weighted by Gasteiger charge is -2.15. The Hall–Kier alpha value is -5.26. The van der Waals surface area contributed by atoms with Crippen LogP contribution in [0.15, 0.2) is 119 Å². The van der Waals surface area contributed by atoms with Gasteiger partial charge < -0.3 is 20.7 Å². The molecule has 0 radical (unpaired) electrons. The van der Waals surface area contributed by atoms with E-state index in [-0.39, 0.29) is 17.2 Å². The molecule has 5 aromatic rings. The molecule has 0 fully saturated rings. The first-order valence-corrected chi connectivity index (χ1v) is 16.4. The van der Waals surface area contributed by atoms with E-state index >= 15 is 0 Å². The molecule has 0 spiro atoms. The number of rotatable bonds is 12. The van der Waals surface area contributed by atoms with E-state index in [4.69, 9.17) is 4.74 Å². The normalized spacial score (nSPS) is 11.8. The molecule has 0 aliphatic rings. The molecule has 47 heavy (non-hydrogen) atoms. The number of halogens is 1. The first-order chi connectivity index (χ1) is 22.8. The van der Waals surface area contributed by atoms with E-state index in [2.05, 4.69) is 20.9 Å². The number of ether oxygens (including phenoxy) is 1. The van der Waals surface area contributed by atoms with Crippen LogP contribution in [0.3, 0.4) is 0 Å². The summed E-state index contributed by atoms with van der Waals surface area (Å²) in [5.74, 6) is -1.17. The Morgan fingerprint density at radius 2 is 1.70 bits per heavy atom. The molecule has 3 amide bonds. The van der Waals surface area contributed by atoms with Crippen LogP contribution in [0, 0.1) is 5.82 Å². The number of nitrogens with one attached hydrogen (secondary N) is 3. The maximum atomic E-state index is 14.5. The fourth-order valence-electron chi connectivity index (χ4n) is 4.45. The van der Waals surface area contributed by atoms with Crippen molar-refractivity contribution in [1.29, 1.82) is 0 Å². The van der Waals surface area contributed by atoms with E-state index in [0.717, 1.165) is 21.9 Å². The Bertz CT molecular complexity index is 1910. The molecule has 1 aromatic heterocycles. The van der Waals surface area contributed by atoms with Crippen LogP contribution < -0.4 is 20.7 Å². The Morgan fingerprint density at radius 3 is 2.47 bits per heavy atom. The van der Waals surface area contributed by atoms with Crippen molar-refractivity contribution in [3.05, 3.63) is 131 Å². The minimum absolute atomic E-state index is 0.135. The Balaban J connectivity index is 1.27. The molecule has 1 heterocycles. The molecule has 8 nitrogen and oxygen atoms in total. The van der Waals surface area contributed by atoms with Crippen molar-refractivity contribution in [3.8, 4) is 17.0 Å². The van der Waals surface area contributed by atoms with Crippen molar-refractivity contribution < 1.29 is 23.5 Å². The monoisotopic (exact) mass is 666 g/mol. The summed E-state index contributed by atoms with van der Waals surface area (Å²) in [6, 6.07) is 29.0. The summed E-state index contributed by atoms with van der Waals surface area (Å²) < 4.78 is 19.8. The second-order valence-electron chi connectivity index (χ2n) is 10.2. The highest BCUT2D eigenvalue weighted by Crippen LogP contribution is 2.31. The zero-order valence-corrected chi connectivity index (χ0v) is 27.2. The zero-order chi connectivity index (χ0) is 33.2. The van der Waals surface area contributed by atoms with Crippen LogP contribution in [0.2, 0.25) is 0 Å².